The molecule has 96 valence electrons. The van der Waals surface area contributed by atoms with E-state index in [0.717, 1.165) is 45.4 Å². The highest BCUT2D eigenvalue weighted by Gasteiger charge is 2.34. The number of piperazine rings is 1. The number of hydrogen-bond acceptors (Lipinski definition) is 3. The molecule has 0 bridgehead atoms. The number of ketones is 1. The molecule has 2 fully saturated rings. The number of nitrogens with zero attached hydrogens (tertiary/aromatic N) is 2. The lowest BCUT2D eigenvalue weighted by Gasteiger charge is -2.37. The van der Waals surface area contributed by atoms with E-state index in [-0.39, 0.29) is 0 Å². The van der Waals surface area contributed by atoms with E-state index in [1.165, 1.54) is 0 Å². The normalized spacial score (nSPS) is 25.1. The molecule has 2 saturated heterocycles. The number of hydrogen-bond donors (Lipinski definition) is 0. The smallest absolute Gasteiger partial charge is 0.222 e. The summed E-state index contributed by atoms with van der Waals surface area (Å²) in [5.74, 6) is 0.690. The van der Waals surface area contributed by atoms with Crippen molar-refractivity contribution in [3.63, 3.8) is 0 Å². The third-order valence-corrected chi connectivity index (χ3v) is 3.90. The lowest BCUT2D eigenvalue weighted by molar-refractivity contribution is -0.130. The first-order valence-corrected chi connectivity index (χ1v) is 6.74. The van der Waals surface area contributed by atoms with Gasteiger partial charge in [-0.05, 0) is 19.4 Å². The molecule has 2 rings (SSSR count). The average molecular weight is 238 g/mol. The first-order valence-electron chi connectivity index (χ1n) is 6.74. The zero-order valence-corrected chi connectivity index (χ0v) is 10.7. The first kappa shape index (κ1) is 12.6. The molecule has 0 aromatic heterocycles. The lowest BCUT2D eigenvalue weighted by Crippen LogP contribution is -2.51. The van der Waals surface area contributed by atoms with Crippen LogP contribution >= 0.6 is 0 Å². The Morgan fingerprint density at radius 3 is 3.00 bits per heavy atom. The van der Waals surface area contributed by atoms with Crippen LogP contribution in [0.1, 0.15) is 39.0 Å². The van der Waals surface area contributed by atoms with Crippen LogP contribution in [0.25, 0.3) is 0 Å². The minimum absolute atomic E-state index is 0.329. The molecule has 0 spiro atoms. The highest BCUT2D eigenvalue weighted by atomic mass is 16.2. The molecular formula is C13H22N2O2. The monoisotopic (exact) mass is 238 g/mol. The molecule has 0 radical (unpaired) electrons. The molecule has 2 aliphatic rings. The van der Waals surface area contributed by atoms with Gasteiger partial charge in [0.15, 0.2) is 0 Å². The van der Waals surface area contributed by atoms with Gasteiger partial charge in [-0.2, -0.15) is 0 Å². The van der Waals surface area contributed by atoms with Crippen LogP contribution < -0.4 is 0 Å². The van der Waals surface area contributed by atoms with E-state index in [9.17, 15) is 9.59 Å². The minimum atomic E-state index is 0.329. The quantitative estimate of drug-likeness (QED) is 0.719. The number of rotatable bonds is 5. The van der Waals surface area contributed by atoms with Crippen molar-refractivity contribution in [1.82, 2.24) is 9.80 Å². The summed E-state index contributed by atoms with van der Waals surface area (Å²) < 4.78 is 0. The van der Waals surface area contributed by atoms with Gasteiger partial charge in [0, 0.05) is 44.9 Å². The third kappa shape index (κ3) is 3.06. The molecule has 4 nitrogen and oxygen atoms in total. The molecule has 2 aliphatic heterocycles. The number of fused-ring (bicyclic) bond motifs is 1. The summed E-state index contributed by atoms with van der Waals surface area (Å²) in [7, 11) is 0. The Hall–Kier alpha value is -0.900. The van der Waals surface area contributed by atoms with Gasteiger partial charge < -0.3 is 4.90 Å². The molecule has 17 heavy (non-hydrogen) atoms. The Morgan fingerprint density at radius 2 is 2.24 bits per heavy atom. The van der Waals surface area contributed by atoms with Gasteiger partial charge in [0.05, 0.1) is 0 Å². The summed E-state index contributed by atoms with van der Waals surface area (Å²) in [6.45, 7) is 5.79. The van der Waals surface area contributed by atoms with E-state index in [2.05, 4.69) is 4.90 Å². The Balaban J connectivity index is 1.70. The van der Waals surface area contributed by atoms with Gasteiger partial charge in [0.1, 0.15) is 5.78 Å². The zero-order chi connectivity index (χ0) is 12.3. The van der Waals surface area contributed by atoms with Crippen LogP contribution in [0.3, 0.4) is 0 Å². The summed E-state index contributed by atoms with van der Waals surface area (Å²) in [5, 5.41) is 0. The van der Waals surface area contributed by atoms with Crippen molar-refractivity contribution in [2.45, 2.75) is 45.1 Å². The first-order chi connectivity index (χ1) is 8.20. The second-order valence-corrected chi connectivity index (χ2v) is 5.08. The van der Waals surface area contributed by atoms with Gasteiger partial charge >= 0.3 is 0 Å². The molecule has 1 unspecified atom stereocenters. The predicted octanol–water partition coefficient (Wildman–Crippen LogP) is 1.05. The van der Waals surface area contributed by atoms with Gasteiger partial charge in [0.2, 0.25) is 5.91 Å². The second kappa shape index (κ2) is 5.63. The van der Waals surface area contributed by atoms with Crippen molar-refractivity contribution in [3.05, 3.63) is 0 Å². The Labute approximate surface area is 103 Å². The highest BCUT2D eigenvalue weighted by Crippen LogP contribution is 2.22. The molecule has 0 N–H and O–H groups in total. The van der Waals surface area contributed by atoms with Gasteiger partial charge in [-0.1, -0.05) is 6.92 Å². The number of amides is 1. The van der Waals surface area contributed by atoms with Gasteiger partial charge in [-0.15, -0.1) is 0 Å². The van der Waals surface area contributed by atoms with Crippen LogP contribution in [0.2, 0.25) is 0 Å². The maximum Gasteiger partial charge on any atom is 0.222 e. The number of carbonyl (C=O) groups excluding carboxylic acids is 2. The number of carbonyl (C=O) groups is 2. The molecule has 1 atom stereocenters. The standard InChI is InChI=1S/C13H22N2O2/c1-2-12(16)4-3-7-14-8-9-15-11(10-14)5-6-13(15)17/h11H,2-10H2,1H3. The summed E-state index contributed by atoms with van der Waals surface area (Å²) in [6, 6.07) is 0.443. The fourth-order valence-corrected chi connectivity index (χ4v) is 2.81. The van der Waals surface area contributed by atoms with Crippen LogP contribution in [-0.2, 0) is 9.59 Å². The Morgan fingerprint density at radius 1 is 1.41 bits per heavy atom. The van der Waals surface area contributed by atoms with Crippen molar-refractivity contribution in [2.75, 3.05) is 26.2 Å². The van der Waals surface area contributed by atoms with Gasteiger partial charge in [-0.25, -0.2) is 0 Å². The SMILES string of the molecule is CCC(=O)CCCN1CCN2C(=O)CCC2C1. The van der Waals surface area contributed by atoms with E-state index in [0.29, 0.717) is 30.6 Å². The fourth-order valence-electron chi connectivity index (χ4n) is 2.81. The predicted molar refractivity (Wildman–Crippen MR) is 65.7 cm³/mol. The third-order valence-electron chi connectivity index (χ3n) is 3.90. The summed E-state index contributed by atoms with van der Waals surface area (Å²) in [4.78, 5) is 27.2. The molecule has 4 heteroatoms. The van der Waals surface area contributed by atoms with Crippen LogP contribution in [0.4, 0.5) is 0 Å². The molecule has 0 saturated carbocycles. The zero-order valence-electron chi connectivity index (χ0n) is 10.7. The largest absolute Gasteiger partial charge is 0.337 e. The summed E-state index contributed by atoms with van der Waals surface area (Å²) in [5.41, 5.74) is 0. The molecule has 2 heterocycles. The molecular weight excluding hydrogens is 216 g/mol. The average Bonchev–Trinajstić information content (AvgIpc) is 2.70. The molecule has 0 aromatic carbocycles. The molecule has 0 aromatic rings. The van der Waals surface area contributed by atoms with E-state index < -0.39 is 0 Å². The Kier molecular flexibility index (Phi) is 4.15. The summed E-state index contributed by atoms with van der Waals surface area (Å²) in [6.07, 6.45) is 4.08. The van der Waals surface area contributed by atoms with Crippen molar-refractivity contribution < 1.29 is 9.59 Å². The van der Waals surface area contributed by atoms with Crippen molar-refractivity contribution in [1.29, 1.82) is 0 Å². The number of Topliss-reactive ketones (excluding diaryl/α,β-unsaturated/α-hetero) is 1. The van der Waals surface area contributed by atoms with Crippen LogP contribution in [-0.4, -0.2) is 53.7 Å². The van der Waals surface area contributed by atoms with Crippen LogP contribution in [0.15, 0.2) is 0 Å². The van der Waals surface area contributed by atoms with E-state index in [4.69, 9.17) is 0 Å². The van der Waals surface area contributed by atoms with Gasteiger partial charge in [0.25, 0.3) is 0 Å². The second-order valence-electron chi connectivity index (χ2n) is 5.08. The lowest BCUT2D eigenvalue weighted by atomic mass is 10.1. The van der Waals surface area contributed by atoms with E-state index >= 15 is 0 Å². The van der Waals surface area contributed by atoms with E-state index in [1.807, 2.05) is 11.8 Å². The fraction of sp³-hybridized carbons (Fsp3) is 0.846. The maximum atomic E-state index is 11.5. The maximum absolute atomic E-state index is 11.5. The van der Waals surface area contributed by atoms with Crippen molar-refractivity contribution in [3.8, 4) is 0 Å². The van der Waals surface area contributed by atoms with E-state index in [1.54, 1.807) is 0 Å². The van der Waals surface area contributed by atoms with Crippen LogP contribution in [0, 0.1) is 0 Å². The topological polar surface area (TPSA) is 40.6 Å². The minimum Gasteiger partial charge on any atom is -0.337 e. The summed E-state index contributed by atoms with van der Waals surface area (Å²) >= 11 is 0. The molecule has 1 amide bonds. The Bertz CT molecular complexity index is 304. The van der Waals surface area contributed by atoms with Crippen molar-refractivity contribution in [2.24, 2.45) is 0 Å². The van der Waals surface area contributed by atoms with Crippen molar-refractivity contribution >= 4 is 11.7 Å². The van der Waals surface area contributed by atoms with Crippen LogP contribution in [0.5, 0.6) is 0 Å². The molecule has 0 aliphatic carbocycles. The highest BCUT2D eigenvalue weighted by molar-refractivity contribution is 5.79. The van der Waals surface area contributed by atoms with Gasteiger partial charge in [-0.3, -0.25) is 14.5 Å².